The number of anilines is 6. The van der Waals surface area contributed by atoms with Crippen LogP contribution in [0.3, 0.4) is 0 Å². The average molecular weight is 839 g/mol. The molecule has 0 fully saturated rings. The van der Waals surface area contributed by atoms with Gasteiger partial charge in [-0.25, -0.2) is 0 Å². The fraction of sp³-hybridized carbons (Fsp3) is 0.258. The van der Waals surface area contributed by atoms with Crippen LogP contribution in [-0.4, -0.2) is 0 Å². The maximum Gasteiger partial charge on any atom is 0.0462 e. The molecule has 0 aliphatic rings. The van der Waals surface area contributed by atoms with Gasteiger partial charge < -0.3 is 9.80 Å². The highest BCUT2D eigenvalue weighted by Gasteiger charge is 2.21. The number of fused-ring (bicyclic) bond motifs is 1. The van der Waals surface area contributed by atoms with Gasteiger partial charge in [0.15, 0.2) is 0 Å². The lowest BCUT2D eigenvalue weighted by atomic mass is 9.86. The first-order valence-corrected chi connectivity index (χ1v) is 23.0. The maximum atomic E-state index is 2.37. The van der Waals surface area contributed by atoms with Crippen molar-refractivity contribution in [1.82, 2.24) is 0 Å². The average Bonchev–Trinajstić information content (AvgIpc) is 3.26. The predicted molar refractivity (Wildman–Crippen MR) is 279 cm³/mol. The van der Waals surface area contributed by atoms with Gasteiger partial charge in [-0.2, -0.15) is 0 Å². The normalized spacial score (nSPS) is 12.4. The highest BCUT2D eigenvalue weighted by Crippen LogP contribution is 2.42. The summed E-state index contributed by atoms with van der Waals surface area (Å²) in [5.74, 6) is 0. The van der Waals surface area contributed by atoms with E-state index in [1.807, 2.05) is 0 Å². The maximum absolute atomic E-state index is 2.37. The SMILES string of the molecule is CC(C)(C)c1ccc(N(c2ccc(-c3ccc(-c4ccc(N(c5ccc(C(C)(C)C)cc5)c5ccc(C(C)(C)C)cc5)cc4)c4ccccc34)cc2)c2ccc(C(C)(C)C)cc2)cc1. The van der Waals surface area contributed by atoms with Crippen molar-refractivity contribution in [3.63, 3.8) is 0 Å². The molecule has 0 amide bonds. The van der Waals surface area contributed by atoms with Crippen LogP contribution in [0.15, 0.2) is 182 Å². The van der Waals surface area contributed by atoms with Crippen LogP contribution >= 0.6 is 0 Å². The second-order valence-electron chi connectivity index (χ2n) is 21.7. The highest BCUT2D eigenvalue weighted by molar-refractivity contribution is 6.05. The molecule has 2 heteroatoms. The number of nitrogens with zero attached hydrogens (tertiary/aromatic N) is 2. The van der Waals surface area contributed by atoms with E-state index in [1.54, 1.807) is 0 Å². The molecule has 8 aromatic rings. The zero-order chi connectivity index (χ0) is 45.6. The zero-order valence-electron chi connectivity index (χ0n) is 40.2. The van der Waals surface area contributed by atoms with E-state index in [-0.39, 0.29) is 21.7 Å². The van der Waals surface area contributed by atoms with Crippen LogP contribution in [0.2, 0.25) is 0 Å². The Morgan fingerprint density at radius 1 is 0.234 bits per heavy atom. The molecule has 0 N–H and O–H groups in total. The quantitative estimate of drug-likeness (QED) is 0.150. The first kappa shape index (κ1) is 44.2. The zero-order valence-corrected chi connectivity index (χ0v) is 40.2. The van der Waals surface area contributed by atoms with E-state index in [2.05, 4.69) is 275 Å². The second kappa shape index (κ2) is 17.0. The van der Waals surface area contributed by atoms with E-state index in [4.69, 9.17) is 0 Å². The molecule has 2 nitrogen and oxygen atoms in total. The molecule has 0 heterocycles. The monoisotopic (exact) mass is 839 g/mol. The van der Waals surface area contributed by atoms with Crippen LogP contribution < -0.4 is 9.80 Å². The predicted octanol–water partition coefficient (Wildman–Crippen LogP) is 18.3. The van der Waals surface area contributed by atoms with Crippen molar-refractivity contribution < 1.29 is 0 Å². The van der Waals surface area contributed by atoms with Gasteiger partial charge in [-0.1, -0.05) is 192 Å². The molecule has 0 unspecified atom stereocenters. The summed E-state index contributed by atoms with van der Waals surface area (Å²) < 4.78 is 0. The molecule has 0 spiro atoms. The first-order chi connectivity index (χ1) is 30.3. The second-order valence-corrected chi connectivity index (χ2v) is 21.7. The molecule has 64 heavy (non-hydrogen) atoms. The molecule has 8 aromatic carbocycles. The summed E-state index contributed by atoms with van der Waals surface area (Å²) >= 11 is 0. The third-order valence-corrected chi connectivity index (χ3v) is 12.8. The van der Waals surface area contributed by atoms with Crippen molar-refractivity contribution in [2.45, 2.75) is 105 Å². The molecule has 0 saturated carbocycles. The van der Waals surface area contributed by atoms with Gasteiger partial charge in [0.2, 0.25) is 0 Å². The number of hydrogen-bond acceptors (Lipinski definition) is 2. The van der Waals surface area contributed by atoms with Crippen LogP contribution in [-0.2, 0) is 21.7 Å². The van der Waals surface area contributed by atoms with E-state index < -0.39 is 0 Å². The smallest absolute Gasteiger partial charge is 0.0462 e. The molecular weight excluding hydrogens is 773 g/mol. The molecule has 0 aliphatic carbocycles. The molecule has 0 aliphatic heterocycles. The van der Waals surface area contributed by atoms with E-state index >= 15 is 0 Å². The Morgan fingerprint density at radius 2 is 0.438 bits per heavy atom. The third-order valence-electron chi connectivity index (χ3n) is 12.8. The molecule has 0 radical (unpaired) electrons. The number of rotatable bonds is 8. The summed E-state index contributed by atoms with van der Waals surface area (Å²) in [7, 11) is 0. The van der Waals surface area contributed by atoms with Crippen molar-refractivity contribution in [2.75, 3.05) is 9.80 Å². The number of hydrogen-bond donors (Lipinski definition) is 0. The fourth-order valence-electron chi connectivity index (χ4n) is 8.72. The Labute approximate surface area is 384 Å². The van der Waals surface area contributed by atoms with Crippen LogP contribution in [0.25, 0.3) is 33.0 Å². The summed E-state index contributed by atoms with van der Waals surface area (Å²) in [6, 6.07) is 67.9. The van der Waals surface area contributed by atoms with Crippen molar-refractivity contribution in [2.24, 2.45) is 0 Å². The van der Waals surface area contributed by atoms with Gasteiger partial charge in [0.25, 0.3) is 0 Å². The third kappa shape index (κ3) is 9.29. The van der Waals surface area contributed by atoms with E-state index in [9.17, 15) is 0 Å². The largest absolute Gasteiger partial charge is 0.311 e. The Bertz CT molecular complexity index is 2520. The van der Waals surface area contributed by atoms with Gasteiger partial charge in [0.05, 0.1) is 0 Å². The lowest BCUT2D eigenvalue weighted by Gasteiger charge is -2.28. The van der Waals surface area contributed by atoms with Gasteiger partial charge in [-0.05, 0) is 150 Å². The summed E-state index contributed by atoms with van der Waals surface area (Å²) in [6.45, 7) is 27.2. The first-order valence-electron chi connectivity index (χ1n) is 23.0. The molecule has 0 saturated heterocycles. The molecule has 8 rings (SSSR count). The minimum absolute atomic E-state index is 0.0844. The molecule has 0 atom stereocenters. The minimum atomic E-state index is 0.0844. The van der Waals surface area contributed by atoms with Crippen LogP contribution in [0, 0.1) is 0 Å². The van der Waals surface area contributed by atoms with E-state index in [0.29, 0.717) is 0 Å². The van der Waals surface area contributed by atoms with Crippen molar-refractivity contribution in [1.29, 1.82) is 0 Å². The summed E-state index contributed by atoms with van der Waals surface area (Å²) in [6.07, 6.45) is 0. The standard InChI is InChI=1S/C62H66N2/c1-59(2,3)45-21-33-51(34-22-45)63(52-35-23-46(24-36-52)60(4,5)6)49-29-17-43(18-30-49)55-41-42-56(58-16-14-13-15-57(55)58)44-19-31-50(32-20-44)64(53-37-25-47(26-38-53)61(7,8)9)54-39-27-48(28-40-54)62(10,11)12/h13-42H,1-12H3. The van der Waals surface area contributed by atoms with Crippen molar-refractivity contribution >= 4 is 44.9 Å². The lowest BCUT2D eigenvalue weighted by Crippen LogP contribution is -2.14. The van der Waals surface area contributed by atoms with E-state index in [1.165, 1.54) is 55.3 Å². The lowest BCUT2D eigenvalue weighted by molar-refractivity contribution is 0.590. The van der Waals surface area contributed by atoms with Crippen LogP contribution in [0.1, 0.15) is 105 Å². The number of benzene rings is 8. The van der Waals surface area contributed by atoms with Crippen LogP contribution in [0.5, 0.6) is 0 Å². The van der Waals surface area contributed by atoms with Gasteiger partial charge in [0.1, 0.15) is 0 Å². The minimum Gasteiger partial charge on any atom is -0.311 e. The van der Waals surface area contributed by atoms with Crippen molar-refractivity contribution in [3.8, 4) is 22.3 Å². The molecular formula is C62H66N2. The van der Waals surface area contributed by atoms with Gasteiger partial charge >= 0.3 is 0 Å². The summed E-state index contributed by atoms with van der Waals surface area (Å²) in [4.78, 5) is 4.74. The highest BCUT2D eigenvalue weighted by atomic mass is 15.1. The van der Waals surface area contributed by atoms with E-state index in [0.717, 1.165) is 34.1 Å². The summed E-state index contributed by atoms with van der Waals surface area (Å²) in [5, 5.41) is 2.48. The Hall–Kier alpha value is -6.38. The van der Waals surface area contributed by atoms with Crippen LogP contribution in [0.4, 0.5) is 34.1 Å². The Morgan fingerprint density at radius 3 is 0.641 bits per heavy atom. The Kier molecular flexibility index (Phi) is 11.7. The molecule has 324 valence electrons. The van der Waals surface area contributed by atoms with Gasteiger partial charge in [0, 0.05) is 34.1 Å². The Balaban J connectivity index is 1.13. The fourth-order valence-corrected chi connectivity index (χ4v) is 8.72. The van der Waals surface area contributed by atoms with Crippen molar-refractivity contribution in [3.05, 3.63) is 204 Å². The topological polar surface area (TPSA) is 6.48 Å². The molecule has 0 bridgehead atoms. The summed E-state index contributed by atoms with van der Waals surface area (Å²) in [5.41, 5.74) is 17.3. The molecule has 0 aromatic heterocycles. The van der Waals surface area contributed by atoms with Gasteiger partial charge in [-0.15, -0.1) is 0 Å². The van der Waals surface area contributed by atoms with Gasteiger partial charge in [-0.3, -0.25) is 0 Å².